The first-order valence-electron chi connectivity index (χ1n) is 7.18. The van der Waals surface area contributed by atoms with E-state index < -0.39 is 0 Å². The van der Waals surface area contributed by atoms with Gasteiger partial charge < -0.3 is 10.2 Å². The average Bonchev–Trinajstić information content (AvgIpc) is 2.40. The average molecular weight is 246 g/mol. The van der Waals surface area contributed by atoms with E-state index in [1.807, 2.05) is 7.05 Å². The van der Waals surface area contributed by atoms with Crippen LogP contribution in [-0.4, -0.2) is 20.1 Å². The minimum Gasteiger partial charge on any atom is -0.371 e. The number of anilines is 1. The van der Waals surface area contributed by atoms with Crippen LogP contribution in [0.1, 0.15) is 38.2 Å². The molecule has 1 saturated carbocycles. The third-order valence-electron chi connectivity index (χ3n) is 4.29. The van der Waals surface area contributed by atoms with Gasteiger partial charge in [0.2, 0.25) is 0 Å². The van der Waals surface area contributed by atoms with Crippen LogP contribution in [-0.2, 0) is 6.54 Å². The summed E-state index contributed by atoms with van der Waals surface area (Å²) in [5, 5.41) is 3.19. The SMILES string of the molecule is CNCc1ccc(N(C)C2CCCCC2C)cc1. The van der Waals surface area contributed by atoms with Crippen LogP contribution in [0.5, 0.6) is 0 Å². The molecule has 0 bridgehead atoms. The molecule has 0 radical (unpaired) electrons. The maximum atomic E-state index is 3.19. The summed E-state index contributed by atoms with van der Waals surface area (Å²) >= 11 is 0. The Kier molecular flexibility index (Phi) is 4.65. The molecule has 18 heavy (non-hydrogen) atoms. The molecule has 0 amide bonds. The standard InChI is InChI=1S/C16H26N2/c1-13-6-4-5-7-16(13)18(3)15-10-8-14(9-11-15)12-17-2/h8-11,13,16-17H,4-7,12H2,1-3H3. The fourth-order valence-electron chi connectivity index (χ4n) is 3.12. The Hall–Kier alpha value is -1.02. The van der Waals surface area contributed by atoms with Crippen molar-refractivity contribution in [3.63, 3.8) is 0 Å². The number of nitrogens with one attached hydrogen (secondary N) is 1. The van der Waals surface area contributed by atoms with Gasteiger partial charge >= 0.3 is 0 Å². The molecule has 1 aliphatic carbocycles. The first-order chi connectivity index (χ1) is 8.72. The molecule has 2 atom stereocenters. The zero-order valence-corrected chi connectivity index (χ0v) is 11.9. The summed E-state index contributed by atoms with van der Waals surface area (Å²) in [6.07, 6.45) is 5.52. The van der Waals surface area contributed by atoms with Gasteiger partial charge in [-0.25, -0.2) is 0 Å². The lowest BCUT2D eigenvalue weighted by Gasteiger charge is -2.37. The quantitative estimate of drug-likeness (QED) is 0.875. The Labute approximate surface area is 111 Å². The second kappa shape index (κ2) is 6.24. The topological polar surface area (TPSA) is 15.3 Å². The summed E-state index contributed by atoms with van der Waals surface area (Å²) in [7, 11) is 4.24. The molecule has 0 aromatic heterocycles. The zero-order chi connectivity index (χ0) is 13.0. The van der Waals surface area contributed by atoms with Gasteiger partial charge in [-0.1, -0.05) is 31.9 Å². The van der Waals surface area contributed by atoms with Gasteiger partial charge in [-0.3, -0.25) is 0 Å². The Morgan fingerprint density at radius 3 is 2.44 bits per heavy atom. The van der Waals surface area contributed by atoms with Gasteiger partial charge in [0.15, 0.2) is 0 Å². The molecule has 0 heterocycles. The van der Waals surface area contributed by atoms with E-state index in [2.05, 4.69) is 48.5 Å². The van der Waals surface area contributed by atoms with Crippen molar-refractivity contribution < 1.29 is 0 Å². The molecular formula is C16H26N2. The summed E-state index contributed by atoms with van der Waals surface area (Å²) < 4.78 is 0. The minimum absolute atomic E-state index is 0.717. The van der Waals surface area contributed by atoms with E-state index >= 15 is 0 Å². The molecule has 1 fully saturated rings. The second-order valence-electron chi connectivity index (χ2n) is 5.64. The molecule has 1 N–H and O–H groups in total. The highest BCUT2D eigenvalue weighted by Crippen LogP contribution is 2.30. The predicted octanol–water partition coefficient (Wildman–Crippen LogP) is 3.42. The van der Waals surface area contributed by atoms with Gasteiger partial charge in [-0.15, -0.1) is 0 Å². The molecule has 2 rings (SSSR count). The molecule has 2 nitrogen and oxygen atoms in total. The van der Waals surface area contributed by atoms with Crippen LogP contribution in [0.15, 0.2) is 24.3 Å². The van der Waals surface area contributed by atoms with E-state index in [1.54, 1.807) is 0 Å². The fraction of sp³-hybridized carbons (Fsp3) is 0.625. The third kappa shape index (κ3) is 3.05. The summed E-state index contributed by atoms with van der Waals surface area (Å²) in [5.74, 6) is 0.820. The normalized spacial score (nSPS) is 23.9. The van der Waals surface area contributed by atoms with E-state index in [4.69, 9.17) is 0 Å². The molecule has 2 unspecified atom stereocenters. The summed E-state index contributed by atoms with van der Waals surface area (Å²) in [6, 6.07) is 9.70. The maximum absolute atomic E-state index is 3.19. The van der Waals surface area contributed by atoms with Gasteiger partial charge in [0.25, 0.3) is 0 Å². The maximum Gasteiger partial charge on any atom is 0.0366 e. The first-order valence-corrected chi connectivity index (χ1v) is 7.18. The molecule has 100 valence electrons. The Balaban J connectivity index is 2.05. The lowest BCUT2D eigenvalue weighted by molar-refractivity contribution is 0.321. The van der Waals surface area contributed by atoms with Gasteiger partial charge in [0, 0.05) is 25.3 Å². The Bertz CT molecular complexity index is 358. The number of rotatable bonds is 4. The smallest absolute Gasteiger partial charge is 0.0366 e. The fourth-order valence-corrected chi connectivity index (χ4v) is 3.12. The molecular weight excluding hydrogens is 220 g/mol. The van der Waals surface area contributed by atoms with E-state index in [1.165, 1.54) is 36.9 Å². The summed E-state index contributed by atoms with van der Waals surface area (Å²) in [5.41, 5.74) is 2.71. The van der Waals surface area contributed by atoms with E-state index in [0.29, 0.717) is 6.04 Å². The third-order valence-corrected chi connectivity index (χ3v) is 4.29. The van der Waals surface area contributed by atoms with E-state index in [-0.39, 0.29) is 0 Å². The molecule has 1 aromatic carbocycles. The molecule has 1 aliphatic rings. The summed E-state index contributed by atoms with van der Waals surface area (Å²) in [6.45, 7) is 3.35. The van der Waals surface area contributed by atoms with E-state index in [0.717, 1.165) is 12.5 Å². The molecule has 1 aromatic rings. The highest BCUT2D eigenvalue weighted by molar-refractivity contribution is 5.48. The van der Waals surface area contributed by atoms with Crippen LogP contribution in [0.25, 0.3) is 0 Å². The number of hydrogen-bond acceptors (Lipinski definition) is 2. The van der Waals surface area contributed by atoms with Gasteiger partial charge in [-0.2, -0.15) is 0 Å². The van der Waals surface area contributed by atoms with E-state index in [9.17, 15) is 0 Å². The second-order valence-corrected chi connectivity index (χ2v) is 5.64. The highest BCUT2D eigenvalue weighted by atomic mass is 15.1. The van der Waals surface area contributed by atoms with Crippen molar-refractivity contribution in [2.45, 2.75) is 45.2 Å². The largest absolute Gasteiger partial charge is 0.371 e. The Morgan fingerprint density at radius 2 is 1.83 bits per heavy atom. The molecule has 0 spiro atoms. The predicted molar refractivity (Wildman–Crippen MR) is 79.0 cm³/mol. The van der Waals surface area contributed by atoms with Crippen LogP contribution in [0.3, 0.4) is 0 Å². The lowest BCUT2D eigenvalue weighted by Crippen LogP contribution is -2.38. The van der Waals surface area contributed by atoms with Crippen LogP contribution in [0.2, 0.25) is 0 Å². The highest BCUT2D eigenvalue weighted by Gasteiger charge is 2.24. The molecule has 0 saturated heterocycles. The van der Waals surface area contributed by atoms with Crippen molar-refractivity contribution in [2.75, 3.05) is 19.0 Å². The Morgan fingerprint density at radius 1 is 1.17 bits per heavy atom. The van der Waals surface area contributed by atoms with Crippen LogP contribution in [0.4, 0.5) is 5.69 Å². The first kappa shape index (κ1) is 13.4. The van der Waals surface area contributed by atoms with Crippen LogP contribution < -0.4 is 10.2 Å². The van der Waals surface area contributed by atoms with Gasteiger partial charge in [-0.05, 0) is 43.5 Å². The van der Waals surface area contributed by atoms with Crippen molar-refractivity contribution >= 4 is 5.69 Å². The zero-order valence-electron chi connectivity index (χ0n) is 11.9. The van der Waals surface area contributed by atoms with Gasteiger partial charge in [0.1, 0.15) is 0 Å². The number of benzene rings is 1. The minimum atomic E-state index is 0.717. The number of nitrogens with zero attached hydrogens (tertiary/aromatic N) is 1. The van der Waals surface area contributed by atoms with Crippen molar-refractivity contribution in [3.8, 4) is 0 Å². The van der Waals surface area contributed by atoms with Crippen molar-refractivity contribution in [2.24, 2.45) is 5.92 Å². The van der Waals surface area contributed by atoms with Crippen molar-refractivity contribution in [1.29, 1.82) is 0 Å². The van der Waals surface area contributed by atoms with Crippen LogP contribution >= 0.6 is 0 Å². The van der Waals surface area contributed by atoms with Gasteiger partial charge in [0.05, 0.1) is 0 Å². The number of hydrogen-bond donors (Lipinski definition) is 1. The van der Waals surface area contributed by atoms with Crippen molar-refractivity contribution in [3.05, 3.63) is 29.8 Å². The summed E-state index contributed by atoms with van der Waals surface area (Å²) in [4.78, 5) is 2.48. The van der Waals surface area contributed by atoms with Crippen molar-refractivity contribution in [1.82, 2.24) is 5.32 Å². The lowest BCUT2D eigenvalue weighted by atomic mass is 9.85. The van der Waals surface area contributed by atoms with Crippen LogP contribution in [0, 0.1) is 5.92 Å². The molecule has 0 aliphatic heterocycles. The molecule has 2 heteroatoms. The monoisotopic (exact) mass is 246 g/mol.